The first kappa shape index (κ1) is 16.2. The number of likely N-dealkylation sites (tertiary alicyclic amines) is 1. The van der Waals surface area contributed by atoms with Gasteiger partial charge in [-0.3, -0.25) is 4.79 Å². The van der Waals surface area contributed by atoms with Crippen molar-refractivity contribution >= 4 is 17.4 Å². The number of hydrogen-bond donors (Lipinski definition) is 2. The Bertz CT molecular complexity index is 656. The van der Waals surface area contributed by atoms with Gasteiger partial charge in [-0.25, -0.2) is 14.6 Å². The van der Waals surface area contributed by atoms with Crippen molar-refractivity contribution in [1.29, 1.82) is 0 Å². The van der Waals surface area contributed by atoms with Crippen molar-refractivity contribution in [3.05, 3.63) is 31.0 Å². The highest BCUT2D eigenvalue weighted by atomic mass is 16.2. The van der Waals surface area contributed by atoms with Gasteiger partial charge in [0.05, 0.1) is 11.9 Å². The van der Waals surface area contributed by atoms with E-state index in [2.05, 4.69) is 20.4 Å². The molecule has 2 atom stereocenters. The van der Waals surface area contributed by atoms with Crippen LogP contribution < -0.4 is 11.1 Å². The van der Waals surface area contributed by atoms with Crippen LogP contribution in [0.4, 0.5) is 11.5 Å². The maximum atomic E-state index is 12.6. The minimum absolute atomic E-state index is 0.0929. The Morgan fingerprint density at radius 2 is 2.25 bits per heavy atom. The number of nitrogen functional groups attached to an aromatic ring is 1. The number of nitrogens with zero attached hydrogens (tertiary/aromatic N) is 5. The summed E-state index contributed by atoms with van der Waals surface area (Å²) in [5, 5.41) is 7.54. The molecule has 0 unspecified atom stereocenters. The fourth-order valence-electron chi connectivity index (χ4n) is 2.98. The number of pyridine rings is 1. The van der Waals surface area contributed by atoms with Crippen LogP contribution >= 0.6 is 0 Å². The van der Waals surface area contributed by atoms with Crippen molar-refractivity contribution in [3.8, 4) is 0 Å². The van der Waals surface area contributed by atoms with E-state index in [0.717, 1.165) is 38.0 Å². The third-order valence-electron chi connectivity index (χ3n) is 4.39. The normalized spacial score (nSPS) is 19.5. The molecule has 8 heteroatoms. The monoisotopic (exact) mass is 329 g/mol. The second-order valence-electron chi connectivity index (χ2n) is 6.12. The highest BCUT2D eigenvalue weighted by Crippen LogP contribution is 2.19. The van der Waals surface area contributed by atoms with Crippen LogP contribution in [0.15, 0.2) is 31.0 Å². The molecule has 1 aliphatic rings. The molecule has 2 aromatic heterocycles. The molecule has 0 spiro atoms. The lowest BCUT2D eigenvalue weighted by molar-refractivity contribution is -0.134. The average Bonchev–Trinajstić information content (AvgIpc) is 3.03. The molecule has 24 heavy (non-hydrogen) atoms. The molecule has 128 valence electrons. The molecule has 3 N–H and O–H groups in total. The van der Waals surface area contributed by atoms with Crippen LogP contribution in [0.25, 0.3) is 0 Å². The maximum Gasteiger partial charge on any atom is 0.247 e. The van der Waals surface area contributed by atoms with Crippen LogP contribution in [0.3, 0.4) is 0 Å². The summed E-state index contributed by atoms with van der Waals surface area (Å²) < 4.78 is 1.60. The molecule has 1 fully saturated rings. The highest BCUT2D eigenvalue weighted by molar-refractivity contribution is 5.80. The summed E-state index contributed by atoms with van der Waals surface area (Å²) >= 11 is 0. The number of hydrogen-bond acceptors (Lipinski definition) is 6. The Morgan fingerprint density at radius 3 is 2.96 bits per heavy atom. The van der Waals surface area contributed by atoms with Gasteiger partial charge in [-0.15, -0.1) is 0 Å². The molecule has 0 aliphatic carbocycles. The van der Waals surface area contributed by atoms with Crippen molar-refractivity contribution in [2.75, 3.05) is 24.1 Å². The number of nitrogens with two attached hydrogens (primary N) is 1. The van der Waals surface area contributed by atoms with Gasteiger partial charge in [0, 0.05) is 19.1 Å². The van der Waals surface area contributed by atoms with Gasteiger partial charge in [0.2, 0.25) is 5.91 Å². The predicted octanol–water partition coefficient (Wildman–Crippen LogP) is 1.31. The molecule has 0 bridgehead atoms. The third kappa shape index (κ3) is 3.81. The van der Waals surface area contributed by atoms with E-state index in [0.29, 0.717) is 11.9 Å². The minimum Gasteiger partial charge on any atom is -0.384 e. The zero-order valence-corrected chi connectivity index (χ0v) is 13.8. The second-order valence-corrected chi connectivity index (χ2v) is 6.12. The van der Waals surface area contributed by atoms with E-state index in [1.165, 1.54) is 6.33 Å². The number of carbonyl (C=O) groups is 1. The van der Waals surface area contributed by atoms with E-state index < -0.39 is 0 Å². The summed E-state index contributed by atoms with van der Waals surface area (Å²) in [5.41, 5.74) is 6.57. The van der Waals surface area contributed by atoms with E-state index in [1.807, 2.05) is 17.9 Å². The fraction of sp³-hybridized carbons (Fsp3) is 0.500. The minimum atomic E-state index is -0.321. The maximum absolute atomic E-state index is 12.6. The van der Waals surface area contributed by atoms with E-state index in [1.54, 1.807) is 23.3 Å². The van der Waals surface area contributed by atoms with Gasteiger partial charge >= 0.3 is 0 Å². The fourth-order valence-corrected chi connectivity index (χ4v) is 2.98. The second kappa shape index (κ2) is 7.29. The summed E-state index contributed by atoms with van der Waals surface area (Å²) in [7, 11) is 0. The van der Waals surface area contributed by atoms with Crippen molar-refractivity contribution < 1.29 is 4.79 Å². The van der Waals surface area contributed by atoms with Gasteiger partial charge in [-0.2, -0.15) is 5.10 Å². The molecule has 0 radical (unpaired) electrons. The standard InChI is InChI=1S/C16H23N7O/c1-12(23-11-18-10-20-23)16(24)22-7-2-3-13(6-8-22)21-14-4-5-15(17)19-9-14/h4-5,9-13,21H,2-3,6-8H2,1H3,(H2,17,19)/t12-,13+/m1/s1. The lowest BCUT2D eigenvalue weighted by Crippen LogP contribution is -2.37. The Kier molecular flexibility index (Phi) is 4.93. The number of anilines is 2. The van der Waals surface area contributed by atoms with Crippen molar-refractivity contribution in [2.24, 2.45) is 0 Å². The highest BCUT2D eigenvalue weighted by Gasteiger charge is 2.25. The topological polar surface area (TPSA) is 102 Å². The number of carbonyl (C=O) groups excluding carboxylic acids is 1. The Hall–Kier alpha value is -2.64. The van der Waals surface area contributed by atoms with Crippen LogP contribution in [-0.2, 0) is 4.79 Å². The Morgan fingerprint density at radius 1 is 1.38 bits per heavy atom. The molecule has 1 aliphatic heterocycles. The number of rotatable bonds is 4. The average molecular weight is 329 g/mol. The first-order valence-electron chi connectivity index (χ1n) is 8.24. The molecule has 3 rings (SSSR count). The predicted molar refractivity (Wildman–Crippen MR) is 91.2 cm³/mol. The van der Waals surface area contributed by atoms with Crippen LogP contribution in [0.5, 0.6) is 0 Å². The molecular weight excluding hydrogens is 306 g/mol. The summed E-state index contributed by atoms with van der Waals surface area (Å²) in [6.07, 6.45) is 7.67. The summed E-state index contributed by atoms with van der Waals surface area (Å²) in [4.78, 5) is 22.6. The number of aromatic nitrogens is 4. The Balaban J connectivity index is 1.56. The van der Waals surface area contributed by atoms with Gasteiger partial charge < -0.3 is 16.0 Å². The van der Waals surface area contributed by atoms with Crippen molar-refractivity contribution in [2.45, 2.75) is 38.3 Å². The SMILES string of the molecule is C[C@H](C(=O)N1CCC[C@H](Nc2ccc(N)nc2)CC1)n1cncn1. The van der Waals surface area contributed by atoms with Crippen LogP contribution in [0.1, 0.15) is 32.2 Å². The van der Waals surface area contributed by atoms with E-state index in [-0.39, 0.29) is 11.9 Å². The van der Waals surface area contributed by atoms with Gasteiger partial charge in [0.1, 0.15) is 24.5 Å². The molecule has 8 nitrogen and oxygen atoms in total. The summed E-state index contributed by atoms with van der Waals surface area (Å²) in [6, 6.07) is 3.73. The first-order chi connectivity index (χ1) is 11.6. The molecule has 3 heterocycles. The van der Waals surface area contributed by atoms with Crippen LogP contribution in [0, 0.1) is 0 Å². The molecule has 0 aromatic carbocycles. The van der Waals surface area contributed by atoms with Gasteiger partial charge in [0.15, 0.2) is 0 Å². The molecule has 0 saturated carbocycles. The van der Waals surface area contributed by atoms with Crippen molar-refractivity contribution in [1.82, 2.24) is 24.6 Å². The smallest absolute Gasteiger partial charge is 0.247 e. The number of amides is 1. The number of nitrogens with one attached hydrogen (secondary N) is 1. The van der Waals surface area contributed by atoms with Crippen molar-refractivity contribution in [3.63, 3.8) is 0 Å². The lowest BCUT2D eigenvalue weighted by atomic mass is 10.1. The molecule has 1 saturated heterocycles. The Labute approximate surface area is 141 Å². The van der Waals surface area contributed by atoms with E-state index >= 15 is 0 Å². The first-order valence-corrected chi connectivity index (χ1v) is 8.24. The quantitative estimate of drug-likeness (QED) is 0.877. The largest absolute Gasteiger partial charge is 0.384 e. The zero-order valence-electron chi connectivity index (χ0n) is 13.8. The third-order valence-corrected chi connectivity index (χ3v) is 4.39. The van der Waals surface area contributed by atoms with Gasteiger partial charge in [0.25, 0.3) is 0 Å². The van der Waals surface area contributed by atoms with E-state index in [9.17, 15) is 4.79 Å². The van der Waals surface area contributed by atoms with E-state index in [4.69, 9.17) is 5.73 Å². The summed E-state index contributed by atoms with van der Waals surface area (Å²) in [6.45, 7) is 3.37. The van der Waals surface area contributed by atoms with Crippen LogP contribution in [0.2, 0.25) is 0 Å². The zero-order chi connectivity index (χ0) is 16.9. The van der Waals surface area contributed by atoms with Gasteiger partial charge in [-0.05, 0) is 38.3 Å². The lowest BCUT2D eigenvalue weighted by Gasteiger charge is -2.24. The summed E-state index contributed by atoms with van der Waals surface area (Å²) in [5.74, 6) is 0.607. The molecule has 2 aromatic rings. The molecular formula is C16H23N7O. The van der Waals surface area contributed by atoms with Gasteiger partial charge in [-0.1, -0.05) is 0 Å². The molecule has 1 amide bonds. The van der Waals surface area contributed by atoms with Crippen LogP contribution in [-0.4, -0.2) is 49.7 Å².